The molecule has 29 heavy (non-hydrogen) atoms. The van der Waals surface area contributed by atoms with Crippen LogP contribution in [-0.2, 0) is 14.8 Å². The number of hydrogen-bond donors (Lipinski definition) is 2. The molecule has 0 spiro atoms. The summed E-state index contributed by atoms with van der Waals surface area (Å²) in [5, 5.41) is 3.61. The first kappa shape index (κ1) is 20.2. The molecule has 0 unspecified atom stereocenters. The largest absolute Gasteiger partial charge is 0.369 e. The molecule has 1 aromatic carbocycles. The van der Waals surface area contributed by atoms with Crippen LogP contribution in [0.25, 0.3) is 0 Å². The molecule has 9 nitrogen and oxygen atoms in total. The summed E-state index contributed by atoms with van der Waals surface area (Å²) in [5.41, 5.74) is 7.16. The number of nitrogens with two attached hydrogens (primary N) is 1. The number of aryl methyl sites for hydroxylation is 1. The number of primary amides is 1. The first-order chi connectivity index (χ1) is 13.7. The number of nitrogens with zero attached hydrogens (tertiary/aromatic N) is 3. The summed E-state index contributed by atoms with van der Waals surface area (Å²) in [6, 6.07) is 5.19. The summed E-state index contributed by atoms with van der Waals surface area (Å²) < 4.78 is 28.1. The Morgan fingerprint density at radius 3 is 2.93 bits per heavy atom. The Morgan fingerprint density at radius 1 is 1.38 bits per heavy atom. The van der Waals surface area contributed by atoms with Crippen molar-refractivity contribution < 1.29 is 18.0 Å². The molecule has 3 N–H and O–H groups in total. The average molecular weight is 470 g/mol. The van der Waals surface area contributed by atoms with Crippen molar-refractivity contribution in [2.75, 3.05) is 28.3 Å². The lowest BCUT2D eigenvalue weighted by molar-refractivity contribution is -0.115. The van der Waals surface area contributed by atoms with E-state index in [-0.39, 0.29) is 17.4 Å². The molecule has 0 radical (unpaired) electrons. The van der Waals surface area contributed by atoms with Gasteiger partial charge in [-0.1, -0.05) is 11.3 Å². The summed E-state index contributed by atoms with van der Waals surface area (Å²) in [5.74, 6) is -0.627. The van der Waals surface area contributed by atoms with Crippen molar-refractivity contribution in [3.8, 4) is 0 Å². The molecule has 0 saturated carbocycles. The van der Waals surface area contributed by atoms with Gasteiger partial charge in [-0.3, -0.25) is 14.9 Å². The molecule has 0 aliphatic carbocycles. The van der Waals surface area contributed by atoms with E-state index in [4.69, 9.17) is 5.73 Å². The maximum Gasteiger partial charge on any atom is 0.257 e. The SMILES string of the molecule is Cc1nc(NC(=O)c2ccc3c(c2)SC2=NS(=O)(=O)CCN23)sc1SCC(N)=O. The molecule has 0 atom stereocenters. The molecule has 3 heterocycles. The molecule has 13 heteroatoms. The zero-order valence-corrected chi connectivity index (χ0v) is 18.3. The standard InChI is InChI=1S/C16H15N5O4S4/c1-8-14(26-7-12(17)22)28-15(18-8)19-13(23)9-2-3-10-11(6-9)27-16-20-29(24,25)5-4-21(10)16/h2-3,6H,4-5,7H2,1H3,(H2,17,22)(H,18,19,23). The number of aromatic nitrogens is 1. The van der Waals surface area contributed by atoms with Gasteiger partial charge in [0, 0.05) is 17.0 Å². The van der Waals surface area contributed by atoms with Gasteiger partial charge >= 0.3 is 0 Å². The highest BCUT2D eigenvalue weighted by Gasteiger charge is 2.33. The summed E-state index contributed by atoms with van der Waals surface area (Å²) in [6.07, 6.45) is 0. The van der Waals surface area contributed by atoms with E-state index in [0.717, 1.165) is 20.5 Å². The maximum atomic E-state index is 12.6. The van der Waals surface area contributed by atoms with Crippen molar-refractivity contribution in [3.05, 3.63) is 29.5 Å². The molecule has 2 aliphatic heterocycles. The number of nitrogens with one attached hydrogen (secondary N) is 1. The number of amides is 2. The molecule has 0 bridgehead atoms. The lowest BCUT2D eigenvalue weighted by atomic mass is 10.2. The molecule has 4 rings (SSSR count). The zero-order chi connectivity index (χ0) is 20.8. The van der Waals surface area contributed by atoms with Gasteiger partial charge in [0.15, 0.2) is 10.3 Å². The zero-order valence-electron chi connectivity index (χ0n) is 15.0. The Balaban J connectivity index is 1.51. The van der Waals surface area contributed by atoms with Gasteiger partial charge in [-0.05, 0) is 36.9 Å². The molecule has 2 amide bonds. The maximum absolute atomic E-state index is 12.6. The monoisotopic (exact) mass is 469 g/mol. The Labute approximate surface area is 179 Å². The van der Waals surface area contributed by atoms with E-state index < -0.39 is 15.9 Å². The number of carbonyl (C=O) groups is 2. The fraction of sp³-hybridized carbons (Fsp3) is 0.250. The Hall–Kier alpha value is -2.09. The van der Waals surface area contributed by atoms with Crippen LogP contribution in [-0.4, -0.2) is 48.4 Å². The predicted molar refractivity (Wildman–Crippen MR) is 116 cm³/mol. The van der Waals surface area contributed by atoms with E-state index in [9.17, 15) is 18.0 Å². The number of anilines is 2. The first-order valence-electron chi connectivity index (χ1n) is 8.34. The van der Waals surface area contributed by atoms with Crippen molar-refractivity contribution in [1.82, 2.24) is 4.98 Å². The predicted octanol–water partition coefficient (Wildman–Crippen LogP) is 1.89. The number of thiazole rings is 1. The molecule has 0 fully saturated rings. The fourth-order valence-electron chi connectivity index (χ4n) is 2.75. The van der Waals surface area contributed by atoms with Crippen molar-refractivity contribution >= 4 is 72.7 Å². The number of thioether (sulfide) groups is 2. The smallest absolute Gasteiger partial charge is 0.257 e. The fourth-order valence-corrected chi connectivity index (χ4v) is 6.92. The first-order valence-corrected chi connectivity index (χ1v) is 12.6. The molecule has 2 aromatic rings. The highest BCUT2D eigenvalue weighted by Crippen LogP contribution is 2.42. The van der Waals surface area contributed by atoms with Crippen LogP contribution in [0.4, 0.5) is 10.8 Å². The van der Waals surface area contributed by atoms with E-state index in [0.29, 0.717) is 22.4 Å². The van der Waals surface area contributed by atoms with E-state index in [1.165, 1.54) is 34.9 Å². The molecular weight excluding hydrogens is 454 g/mol. The molecule has 2 aliphatic rings. The van der Waals surface area contributed by atoms with Crippen molar-refractivity contribution in [2.45, 2.75) is 16.0 Å². The Bertz CT molecular complexity index is 1160. The minimum absolute atomic E-state index is 0.0295. The van der Waals surface area contributed by atoms with Gasteiger partial charge in [-0.15, -0.1) is 16.2 Å². The van der Waals surface area contributed by atoms with Crippen LogP contribution in [0.3, 0.4) is 0 Å². The minimum Gasteiger partial charge on any atom is -0.369 e. The summed E-state index contributed by atoms with van der Waals surface area (Å²) in [6.45, 7) is 2.14. The Kier molecular flexibility index (Phi) is 5.31. The van der Waals surface area contributed by atoms with Crippen LogP contribution in [0.5, 0.6) is 0 Å². The van der Waals surface area contributed by atoms with Crippen LogP contribution in [0.2, 0.25) is 0 Å². The highest BCUT2D eigenvalue weighted by atomic mass is 32.2. The van der Waals surface area contributed by atoms with Gasteiger partial charge in [-0.2, -0.15) is 0 Å². The lowest BCUT2D eigenvalue weighted by Gasteiger charge is -2.22. The van der Waals surface area contributed by atoms with E-state index >= 15 is 0 Å². The quantitative estimate of drug-likeness (QED) is 0.634. The number of carbonyl (C=O) groups excluding carboxylic acids is 2. The lowest BCUT2D eigenvalue weighted by Crippen LogP contribution is -2.35. The van der Waals surface area contributed by atoms with Crippen LogP contribution in [0.15, 0.2) is 31.7 Å². The van der Waals surface area contributed by atoms with E-state index in [1.807, 2.05) is 4.90 Å². The van der Waals surface area contributed by atoms with Crippen molar-refractivity contribution in [3.63, 3.8) is 0 Å². The minimum atomic E-state index is -3.43. The number of sulfonamides is 1. The van der Waals surface area contributed by atoms with Gasteiger partial charge in [-0.25, -0.2) is 13.4 Å². The van der Waals surface area contributed by atoms with Crippen LogP contribution in [0, 0.1) is 6.92 Å². The van der Waals surface area contributed by atoms with Crippen molar-refractivity contribution in [2.24, 2.45) is 10.1 Å². The Morgan fingerprint density at radius 2 is 2.17 bits per heavy atom. The number of hydrogen-bond acceptors (Lipinski definition) is 9. The van der Waals surface area contributed by atoms with Crippen LogP contribution >= 0.6 is 34.9 Å². The second kappa shape index (κ2) is 7.63. The topological polar surface area (TPSA) is 135 Å². The van der Waals surface area contributed by atoms with Gasteiger partial charge in [0.05, 0.1) is 27.1 Å². The van der Waals surface area contributed by atoms with E-state index in [1.54, 1.807) is 25.1 Å². The van der Waals surface area contributed by atoms with Crippen LogP contribution in [0.1, 0.15) is 16.1 Å². The average Bonchev–Trinajstić information content (AvgIpc) is 3.17. The van der Waals surface area contributed by atoms with Gasteiger partial charge in [0.2, 0.25) is 5.91 Å². The molecular formula is C16H15N5O4S4. The third kappa shape index (κ3) is 4.27. The summed E-state index contributed by atoms with van der Waals surface area (Å²) in [7, 11) is -3.43. The number of fused-ring (bicyclic) bond motifs is 3. The van der Waals surface area contributed by atoms with Gasteiger partial charge < -0.3 is 10.6 Å². The molecule has 152 valence electrons. The normalized spacial score (nSPS) is 16.7. The summed E-state index contributed by atoms with van der Waals surface area (Å²) in [4.78, 5) is 30.5. The van der Waals surface area contributed by atoms with Gasteiger partial charge in [0.1, 0.15) is 0 Å². The second-order valence-electron chi connectivity index (χ2n) is 6.20. The number of rotatable bonds is 5. The molecule has 1 aromatic heterocycles. The third-order valence-corrected chi connectivity index (χ3v) is 8.82. The summed E-state index contributed by atoms with van der Waals surface area (Å²) >= 11 is 3.80. The molecule has 0 saturated heterocycles. The highest BCUT2D eigenvalue weighted by molar-refractivity contribution is 8.15. The number of benzene rings is 1. The van der Waals surface area contributed by atoms with E-state index in [2.05, 4.69) is 14.7 Å². The second-order valence-corrected chi connectivity index (χ2v) is 11.2. The van der Waals surface area contributed by atoms with Crippen molar-refractivity contribution in [1.29, 1.82) is 0 Å². The van der Waals surface area contributed by atoms with Gasteiger partial charge in [0.25, 0.3) is 15.9 Å². The number of amidine groups is 1. The third-order valence-electron chi connectivity index (χ3n) is 4.05. The van der Waals surface area contributed by atoms with Crippen LogP contribution < -0.4 is 16.0 Å².